The van der Waals surface area contributed by atoms with Gasteiger partial charge in [-0.05, 0) is 18.5 Å². The van der Waals surface area contributed by atoms with Gasteiger partial charge in [0.1, 0.15) is 4.34 Å². The predicted octanol–water partition coefficient (Wildman–Crippen LogP) is -0.146. The fourth-order valence-corrected chi connectivity index (χ4v) is 1.35. The standard InChI is InChI=1S/C4H4ClNOS.C2H4O2.Zn/c1-6-4(7)2-3(5)8-6;1-2(3)4;/h2H,1H3;1H3,(H,3,4);/q;;+2/p-1. The van der Waals surface area contributed by atoms with Gasteiger partial charge in [0.25, 0.3) is 5.56 Å². The molecule has 13 heavy (non-hydrogen) atoms. The van der Waals surface area contributed by atoms with E-state index >= 15 is 0 Å². The minimum Gasteiger partial charge on any atom is -0.550 e. The Balaban J connectivity index is 0. The number of aryl methyl sites for hydroxylation is 1. The Labute approximate surface area is 97.0 Å². The maximum absolute atomic E-state index is 10.5. The monoisotopic (exact) mass is 272 g/mol. The van der Waals surface area contributed by atoms with Crippen LogP contribution in [0.1, 0.15) is 6.92 Å². The van der Waals surface area contributed by atoms with E-state index in [1.54, 1.807) is 7.05 Å². The Hall–Kier alpha value is -0.187. The van der Waals surface area contributed by atoms with Gasteiger partial charge in [0, 0.05) is 19.1 Å². The summed E-state index contributed by atoms with van der Waals surface area (Å²) in [5, 5.41) is 8.89. The fourth-order valence-electron chi connectivity index (χ4n) is 0.390. The number of carbonyl (C=O) groups excluding carboxylic acids is 1. The molecule has 0 saturated carbocycles. The van der Waals surface area contributed by atoms with Crippen LogP contribution in [0.4, 0.5) is 0 Å². The number of hydrogen-bond donors (Lipinski definition) is 0. The molecule has 0 aliphatic rings. The molecule has 0 radical (unpaired) electrons. The van der Waals surface area contributed by atoms with Crippen molar-refractivity contribution < 1.29 is 29.4 Å². The van der Waals surface area contributed by atoms with Crippen LogP contribution >= 0.6 is 23.1 Å². The van der Waals surface area contributed by atoms with Crippen molar-refractivity contribution in [2.24, 2.45) is 7.05 Å². The molecule has 1 aromatic rings. The van der Waals surface area contributed by atoms with Crippen molar-refractivity contribution in [3.05, 3.63) is 20.8 Å². The topological polar surface area (TPSA) is 62.1 Å². The summed E-state index contributed by atoms with van der Waals surface area (Å²) in [5.74, 6) is -1.08. The zero-order chi connectivity index (χ0) is 9.72. The molecule has 4 nitrogen and oxygen atoms in total. The number of aliphatic carboxylic acids is 1. The van der Waals surface area contributed by atoms with Gasteiger partial charge >= 0.3 is 19.5 Å². The third kappa shape index (κ3) is 8.15. The Bertz CT molecular complexity index is 318. The summed E-state index contributed by atoms with van der Waals surface area (Å²) < 4.78 is 2.01. The van der Waals surface area contributed by atoms with E-state index in [4.69, 9.17) is 21.5 Å². The number of rotatable bonds is 0. The first kappa shape index (κ1) is 15.3. The number of carbonyl (C=O) groups is 1. The summed E-state index contributed by atoms with van der Waals surface area (Å²) in [6, 6.07) is 1.40. The summed E-state index contributed by atoms with van der Waals surface area (Å²) in [5.41, 5.74) is -0.0417. The maximum Gasteiger partial charge on any atom is 2.00 e. The summed E-state index contributed by atoms with van der Waals surface area (Å²) in [6.45, 7) is 0.972. The molecule has 0 aliphatic carbocycles. The SMILES string of the molecule is CC(=O)[O-].Cn1sc(Cl)cc1=O.[Zn+2]. The number of halogens is 1. The van der Waals surface area contributed by atoms with Crippen molar-refractivity contribution in [3.8, 4) is 0 Å². The maximum atomic E-state index is 10.5. The predicted molar refractivity (Wildman–Crippen MR) is 45.3 cm³/mol. The van der Waals surface area contributed by atoms with Gasteiger partial charge in [0.2, 0.25) is 0 Å². The van der Waals surface area contributed by atoms with Gasteiger partial charge in [-0.1, -0.05) is 11.6 Å². The largest absolute Gasteiger partial charge is 2.00 e. The van der Waals surface area contributed by atoms with Crippen LogP contribution in [0.15, 0.2) is 10.9 Å². The van der Waals surface area contributed by atoms with Gasteiger partial charge in [-0.2, -0.15) is 0 Å². The van der Waals surface area contributed by atoms with Crippen LogP contribution in [-0.2, 0) is 31.3 Å². The molecule has 0 atom stereocenters. The normalized spacial score (nSPS) is 7.92. The average Bonchev–Trinajstić information content (AvgIpc) is 2.08. The van der Waals surface area contributed by atoms with Crippen molar-refractivity contribution in [2.75, 3.05) is 0 Å². The van der Waals surface area contributed by atoms with E-state index < -0.39 is 5.97 Å². The Morgan fingerprint density at radius 1 is 1.69 bits per heavy atom. The van der Waals surface area contributed by atoms with Crippen LogP contribution in [0, 0.1) is 0 Å². The molecule has 0 N–H and O–H groups in total. The van der Waals surface area contributed by atoms with Gasteiger partial charge in [-0.25, -0.2) is 0 Å². The van der Waals surface area contributed by atoms with Crippen molar-refractivity contribution in [2.45, 2.75) is 6.92 Å². The van der Waals surface area contributed by atoms with Gasteiger partial charge in [0.05, 0.1) is 0 Å². The van der Waals surface area contributed by atoms with Crippen molar-refractivity contribution >= 4 is 29.1 Å². The minimum atomic E-state index is -1.08. The van der Waals surface area contributed by atoms with Gasteiger partial charge in [-0.3, -0.25) is 8.75 Å². The Kier molecular flexibility index (Phi) is 8.52. The summed E-state index contributed by atoms with van der Waals surface area (Å²) in [7, 11) is 1.68. The smallest absolute Gasteiger partial charge is 0.550 e. The van der Waals surface area contributed by atoms with E-state index in [2.05, 4.69) is 0 Å². The third-order valence-corrected chi connectivity index (χ3v) is 1.83. The van der Waals surface area contributed by atoms with Crippen LogP contribution in [-0.4, -0.2) is 9.93 Å². The molecule has 68 valence electrons. The van der Waals surface area contributed by atoms with Crippen molar-refractivity contribution in [3.63, 3.8) is 0 Å². The molecule has 0 aromatic carbocycles. The Morgan fingerprint density at radius 3 is 2.15 bits per heavy atom. The summed E-state index contributed by atoms with van der Waals surface area (Å²) in [6.07, 6.45) is 0. The zero-order valence-electron chi connectivity index (χ0n) is 7.24. The zero-order valence-corrected chi connectivity index (χ0v) is 11.8. The van der Waals surface area contributed by atoms with E-state index in [-0.39, 0.29) is 25.0 Å². The molecule has 0 unspecified atom stereocenters. The fraction of sp³-hybridized carbons (Fsp3) is 0.333. The number of hydrogen-bond acceptors (Lipinski definition) is 4. The second-order valence-corrected chi connectivity index (χ2v) is 3.67. The first-order chi connectivity index (χ1) is 5.43. The second kappa shape index (κ2) is 7.24. The van der Waals surface area contributed by atoms with E-state index in [9.17, 15) is 4.79 Å². The second-order valence-electron chi connectivity index (χ2n) is 1.87. The average molecular weight is 274 g/mol. The number of carboxylic acid groups (broad SMARTS) is 1. The van der Waals surface area contributed by atoms with Gasteiger partial charge in [0.15, 0.2) is 0 Å². The van der Waals surface area contributed by atoms with Gasteiger partial charge < -0.3 is 9.90 Å². The van der Waals surface area contributed by atoms with Crippen LogP contribution in [0.2, 0.25) is 4.34 Å². The van der Waals surface area contributed by atoms with Crippen molar-refractivity contribution in [1.29, 1.82) is 0 Å². The van der Waals surface area contributed by atoms with E-state index in [1.165, 1.54) is 21.6 Å². The molecule has 0 fully saturated rings. The van der Waals surface area contributed by atoms with E-state index in [1.807, 2.05) is 0 Å². The molecule has 0 amide bonds. The first-order valence-corrected chi connectivity index (χ1v) is 4.09. The molecular weight excluding hydrogens is 267 g/mol. The summed E-state index contributed by atoms with van der Waals surface area (Å²) >= 11 is 6.70. The molecule has 0 bridgehead atoms. The molecular formula is C6H7ClNO3SZn+. The van der Waals surface area contributed by atoms with Crippen LogP contribution in [0.5, 0.6) is 0 Å². The number of nitrogens with zero attached hydrogens (tertiary/aromatic N) is 1. The van der Waals surface area contributed by atoms with Crippen LogP contribution in [0.25, 0.3) is 0 Å². The quantitative estimate of drug-likeness (QED) is 0.618. The molecule has 1 rings (SSSR count). The molecule has 0 spiro atoms. The van der Waals surface area contributed by atoms with Gasteiger partial charge in [-0.15, -0.1) is 0 Å². The van der Waals surface area contributed by atoms with Crippen LogP contribution in [0.3, 0.4) is 0 Å². The van der Waals surface area contributed by atoms with E-state index in [0.29, 0.717) is 4.34 Å². The first-order valence-electron chi connectivity index (χ1n) is 2.94. The van der Waals surface area contributed by atoms with E-state index in [0.717, 1.165) is 6.92 Å². The number of aromatic nitrogens is 1. The Morgan fingerprint density at radius 2 is 2.08 bits per heavy atom. The summed E-state index contributed by atoms with van der Waals surface area (Å²) in [4.78, 5) is 19.4. The third-order valence-electron chi connectivity index (χ3n) is 0.771. The van der Waals surface area contributed by atoms with Crippen molar-refractivity contribution in [1.82, 2.24) is 3.96 Å². The molecule has 0 saturated heterocycles. The number of carboxylic acids is 1. The molecule has 7 heteroatoms. The minimum absolute atomic E-state index is 0. The molecule has 1 heterocycles. The molecule has 1 aromatic heterocycles. The molecule has 0 aliphatic heterocycles. The van der Waals surface area contributed by atoms with Crippen LogP contribution < -0.4 is 10.7 Å².